The molecule has 0 aromatic carbocycles. The van der Waals surface area contributed by atoms with Gasteiger partial charge in [-0.05, 0) is 12.8 Å². The van der Waals surface area contributed by atoms with Gasteiger partial charge in [-0.1, -0.05) is 0 Å². The largest absolute Gasteiger partial charge is 0.478 e. The first-order valence-corrected chi connectivity index (χ1v) is 7.95. The summed E-state index contributed by atoms with van der Waals surface area (Å²) >= 11 is 0. The normalized spacial score (nSPS) is 36.5. The van der Waals surface area contributed by atoms with E-state index in [1.165, 1.54) is 12.8 Å². The Labute approximate surface area is 123 Å². The van der Waals surface area contributed by atoms with E-state index >= 15 is 0 Å². The Balaban J connectivity index is 1.37. The first kappa shape index (κ1) is 12.0. The highest BCUT2D eigenvalue weighted by molar-refractivity contribution is 5.92. The molecule has 0 saturated carbocycles. The number of ether oxygens (including phenoxy) is 2. The Morgan fingerprint density at radius 2 is 2.00 bits per heavy atom. The summed E-state index contributed by atoms with van der Waals surface area (Å²) in [7, 11) is 0. The molecule has 1 amide bonds. The molecule has 112 valence electrons. The van der Waals surface area contributed by atoms with Gasteiger partial charge in [0, 0.05) is 44.0 Å². The zero-order valence-corrected chi connectivity index (χ0v) is 11.9. The number of carbonyl (C=O) groups excluding carboxylic acids is 1. The van der Waals surface area contributed by atoms with Crippen LogP contribution in [0.4, 0.5) is 0 Å². The van der Waals surface area contributed by atoms with Gasteiger partial charge in [0.05, 0.1) is 18.8 Å². The molecule has 4 aliphatic heterocycles. The number of hydrogen-bond acceptors (Lipinski definition) is 4. The molecule has 4 atom stereocenters. The van der Waals surface area contributed by atoms with Crippen LogP contribution in [0.15, 0.2) is 6.07 Å². The Hall–Kier alpha value is -1.56. The van der Waals surface area contributed by atoms with Crippen LogP contribution in [0.1, 0.15) is 29.8 Å². The molecule has 0 aliphatic carbocycles. The Kier molecular flexibility index (Phi) is 2.42. The van der Waals surface area contributed by atoms with E-state index in [1.54, 1.807) is 10.7 Å². The van der Waals surface area contributed by atoms with Gasteiger partial charge in [-0.25, -0.2) is 4.68 Å². The zero-order chi connectivity index (χ0) is 14.0. The van der Waals surface area contributed by atoms with Crippen LogP contribution in [0.25, 0.3) is 0 Å². The molecule has 1 aromatic heterocycles. The third kappa shape index (κ3) is 1.68. The number of carbonyl (C=O) groups is 1. The summed E-state index contributed by atoms with van der Waals surface area (Å²) in [6, 6.07) is 1.79. The van der Waals surface area contributed by atoms with E-state index in [1.807, 2.05) is 4.90 Å². The maximum atomic E-state index is 12.7. The minimum atomic E-state index is 0.0503. The molecular formula is C15H19N3O3. The monoisotopic (exact) mass is 289 g/mol. The lowest BCUT2D eigenvalue weighted by Crippen LogP contribution is -2.31. The number of amides is 1. The first-order chi connectivity index (χ1) is 10.3. The molecule has 0 spiro atoms. The van der Waals surface area contributed by atoms with Gasteiger partial charge < -0.3 is 14.4 Å². The van der Waals surface area contributed by atoms with Crippen molar-refractivity contribution in [3.63, 3.8) is 0 Å². The predicted molar refractivity (Wildman–Crippen MR) is 73.1 cm³/mol. The molecule has 6 heteroatoms. The van der Waals surface area contributed by atoms with Gasteiger partial charge in [-0.2, -0.15) is 5.10 Å². The van der Waals surface area contributed by atoms with E-state index in [2.05, 4.69) is 5.10 Å². The highest BCUT2D eigenvalue weighted by Crippen LogP contribution is 2.47. The van der Waals surface area contributed by atoms with E-state index in [-0.39, 0.29) is 5.91 Å². The van der Waals surface area contributed by atoms with Crippen LogP contribution in [-0.4, -0.2) is 52.5 Å². The van der Waals surface area contributed by atoms with Crippen molar-refractivity contribution < 1.29 is 14.3 Å². The quantitative estimate of drug-likeness (QED) is 0.771. The van der Waals surface area contributed by atoms with Gasteiger partial charge in [-0.15, -0.1) is 0 Å². The van der Waals surface area contributed by atoms with Crippen molar-refractivity contribution in [3.05, 3.63) is 11.8 Å². The number of rotatable bonds is 1. The SMILES string of the molecule is O=C(c1cc2n(n1)CCCO2)N1CC2C3CCC(O3)C2C1. The molecule has 0 N–H and O–H groups in total. The number of hydrogen-bond donors (Lipinski definition) is 0. The Morgan fingerprint density at radius 1 is 1.24 bits per heavy atom. The topological polar surface area (TPSA) is 56.6 Å². The Bertz CT molecular complexity index is 557. The van der Waals surface area contributed by atoms with Crippen LogP contribution in [0.5, 0.6) is 5.88 Å². The first-order valence-electron chi connectivity index (χ1n) is 7.95. The van der Waals surface area contributed by atoms with Crippen LogP contribution >= 0.6 is 0 Å². The molecular weight excluding hydrogens is 270 g/mol. The molecule has 21 heavy (non-hydrogen) atoms. The minimum absolute atomic E-state index is 0.0503. The molecule has 3 saturated heterocycles. The molecule has 4 unspecified atom stereocenters. The van der Waals surface area contributed by atoms with E-state index < -0.39 is 0 Å². The van der Waals surface area contributed by atoms with Gasteiger partial charge in [0.25, 0.3) is 5.91 Å². The maximum absolute atomic E-state index is 12.7. The lowest BCUT2D eigenvalue weighted by atomic mass is 9.82. The molecule has 2 bridgehead atoms. The smallest absolute Gasteiger partial charge is 0.274 e. The average molecular weight is 289 g/mol. The van der Waals surface area contributed by atoms with Crippen molar-refractivity contribution in [2.45, 2.75) is 38.0 Å². The van der Waals surface area contributed by atoms with E-state index in [9.17, 15) is 4.79 Å². The van der Waals surface area contributed by atoms with Crippen LogP contribution in [0, 0.1) is 11.8 Å². The second-order valence-corrected chi connectivity index (χ2v) is 6.62. The van der Waals surface area contributed by atoms with Crippen molar-refractivity contribution in [3.8, 4) is 5.88 Å². The van der Waals surface area contributed by atoms with Crippen LogP contribution in [0.2, 0.25) is 0 Å². The summed E-state index contributed by atoms with van der Waals surface area (Å²) in [4.78, 5) is 14.7. The number of likely N-dealkylation sites (tertiary alicyclic amines) is 1. The standard InChI is InChI=1S/C15H19N3O3/c19-15(11-6-14-18(16-11)4-1-5-20-14)17-7-9-10(8-17)13-3-2-12(9)21-13/h6,9-10,12-13H,1-5,7-8H2. The van der Waals surface area contributed by atoms with Gasteiger partial charge in [0.15, 0.2) is 5.69 Å². The summed E-state index contributed by atoms with van der Waals surface area (Å²) in [5.41, 5.74) is 0.528. The molecule has 6 nitrogen and oxygen atoms in total. The molecule has 0 radical (unpaired) electrons. The maximum Gasteiger partial charge on any atom is 0.274 e. The van der Waals surface area contributed by atoms with Crippen molar-refractivity contribution in [1.82, 2.24) is 14.7 Å². The molecule has 4 aliphatic rings. The van der Waals surface area contributed by atoms with Crippen molar-refractivity contribution in [1.29, 1.82) is 0 Å². The summed E-state index contributed by atoms with van der Waals surface area (Å²) < 4.78 is 13.3. The summed E-state index contributed by atoms with van der Waals surface area (Å²) in [5, 5.41) is 4.41. The fraction of sp³-hybridized carbons (Fsp3) is 0.733. The third-order valence-electron chi connectivity index (χ3n) is 5.47. The summed E-state index contributed by atoms with van der Waals surface area (Å²) in [6.45, 7) is 3.21. The third-order valence-corrected chi connectivity index (χ3v) is 5.47. The summed E-state index contributed by atoms with van der Waals surface area (Å²) in [5.74, 6) is 1.86. The second-order valence-electron chi connectivity index (χ2n) is 6.62. The van der Waals surface area contributed by atoms with E-state index in [4.69, 9.17) is 9.47 Å². The van der Waals surface area contributed by atoms with Gasteiger partial charge >= 0.3 is 0 Å². The van der Waals surface area contributed by atoms with Gasteiger partial charge in [-0.3, -0.25) is 4.79 Å². The lowest BCUT2D eigenvalue weighted by Gasteiger charge is -2.17. The van der Waals surface area contributed by atoms with Crippen LogP contribution in [-0.2, 0) is 11.3 Å². The van der Waals surface area contributed by atoms with Crippen LogP contribution < -0.4 is 4.74 Å². The predicted octanol–water partition coefficient (Wildman–Crippen LogP) is 0.915. The average Bonchev–Trinajstić information content (AvgIpc) is 3.24. The Morgan fingerprint density at radius 3 is 2.71 bits per heavy atom. The van der Waals surface area contributed by atoms with Crippen molar-refractivity contribution in [2.75, 3.05) is 19.7 Å². The van der Waals surface area contributed by atoms with E-state index in [0.717, 1.165) is 31.9 Å². The lowest BCUT2D eigenvalue weighted by molar-refractivity contribution is 0.0590. The van der Waals surface area contributed by atoms with E-state index in [0.29, 0.717) is 36.3 Å². The molecule has 5 rings (SSSR count). The van der Waals surface area contributed by atoms with Crippen LogP contribution in [0.3, 0.4) is 0 Å². The highest BCUT2D eigenvalue weighted by Gasteiger charge is 2.53. The zero-order valence-electron chi connectivity index (χ0n) is 11.9. The van der Waals surface area contributed by atoms with Gasteiger partial charge in [0.2, 0.25) is 5.88 Å². The summed E-state index contributed by atoms with van der Waals surface area (Å²) in [6.07, 6.45) is 4.06. The number of aromatic nitrogens is 2. The number of aryl methyl sites for hydroxylation is 1. The number of nitrogens with zero attached hydrogens (tertiary/aromatic N) is 3. The number of fused-ring (bicyclic) bond motifs is 6. The molecule has 3 fully saturated rings. The fourth-order valence-corrected chi connectivity index (χ4v) is 4.46. The van der Waals surface area contributed by atoms with Crippen molar-refractivity contribution in [2.24, 2.45) is 11.8 Å². The van der Waals surface area contributed by atoms with Gasteiger partial charge in [0.1, 0.15) is 0 Å². The molecule has 5 heterocycles. The highest BCUT2D eigenvalue weighted by atomic mass is 16.5. The minimum Gasteiger partial charge on any atom is -0.478 e. The second kappa shape index (κ2) is 4.22. The molecule has 1 aromatic rings. The van der Waals surface area contributed by atoms with Crippen molar-refractivity contribution >= 4 is 5.91 Å². The fourth-order valence-electron chi connectivity index (χ4n) is 4.46.